The number of carbonyl (C=O) groups excluding carboxylic acids is 1. The van der Waals surface area contributed by atoms with Crippen molar-refractivity contribution >= 4 is 22.4 Å². The van der Waals surface area contributed by atoms with Crippen molar-refractivity contribution in [2.45, 2.75) is 5.92 Å². The largest absolute Gasteiger partial charge is 0.492 e. The van der Waals surface area contributed by atoms with E-state index in [1.807, 2.05) is 24.3 Å². The summed E-state index contributed by atoms with van der Waals surface area (Å²) in [5, 5.41) is 10.7. The van der Waals surface area contributed by atoms with Crippen molar-refractivity contribution in [2.24, 2.45) is 0 Å². The van der Waals surface area contributed by atoms with Crippen LogP contribution in [-0.2, 0) is 4.79 Å². The average molecular weight is 247 g/mol. The lowest BCUT2D eigenvalue weighted by atomic mass is 10.0. The van der Waals surface area contributed by atoms with E-state index in [1.54, 1.807) is 5.51 Å². The highest BCUT2D eigenvalue weighted by Gasteiger charge is 2.30. The molecule has 0 saturated carbocycles. The van der Waals surface area contributed by atoms with Gasteiger partial charge in [0.05, 0.1) is 0 Å². The molecule has 0 aliphatic carbocycles. The summed E-state index contributed by atoms with van der Waals surface area (Å²) in [7, 11) is 0. The van der Waals surface area contributed by atoms with Gasteiger partial charge in [-0.15, -0.1) is 10.2 Å². The third-order valence-electron chi connectivity index (χ3n) is 2.61. The minimum Gasteiger partial charge on any atom is -0.492 e. The molecule has 3 rings (SSSR count). The molecule has 1 N–H and O–H groups in total. The fourth-order valence-corrected chi connectivity index (χ4v) is 2.25. The number of benzene rings is 1. The molecule has 0 bridgehead atoms. The van der Waals surface area contributed by atoms with Crippen LogP contribution in [0.1, 0.15) is 11.5 Å². The van der Waals surface area contributed by atoms with E-state index in [1.165, 1.54) is 11.3 Å². The predicted molar refractivity (Wildman–Crippen MR) is 63.2 cm³/mol. The highest BCUT2D eigenvalue weighted by atomic mass is 32.1. The molecule has 1 atom stereocenters. The molecule has 1 aliphatic rings. The quantitative estimate of drug-likeness (QED) is 0.876. The van der Waals surface area contributed by atoms with Crippen molar-refractivity contribution in [2.75, 3.05) is 11.9 Å². The minimum absolute atomic E-state index is 0.105. The summed E-state index contributed by atoms with van der Waals surface area (Å²) in [6.07, 6.45) is 0. The second kappa shape index (κ2) is 4.14. The number of carbonyl (C=O) groups is 1. The fraction of sp³-hybridized carbons (Fsp3) is 0.182. The van der Waals surface area contributed by atoms with Crippen molar-refractivity contribution in [3.8, 4) is 5.75 Å². The topological polar surface area (TPSA) is 64.1 Å². The van der Waals surface area contributed by atoms with Crippen LogP contribution in [0.3, 0.4) is 0 Å². The molecule has 1 aliphatic heterocycles. The van der Waals surface area contributed by atoms with Gasteiger partial charge in [-0.05, 0) is 6.07 Å². The summed E-state index contributed by atoms with van der Waals surface area (Å²) in [6, 6.07) is 7.57. The Morgan fingerprint density at radius 1 is 1.47 bits per heavy atom. The van der Waals surface area contributed by atoms with Crippen LogP contribution in [0.5, 0.6) is 5.75 Å². The number of aromatic nitrogens is 2. The number of hydrogen-bond donors (Lipinski definition) is 1. The number of anilines is 1. The van der Waals surface area contributed by atoms with Crippen LogP contribution in [0.4, 0.5) is 5.13 Å². The SMILES string of the molecule is O=C(Nc1nncs1)[C@H]1COc2ccccc21. The van der Waals surface area contributed by atoms with Gasteiger partial charge >= 0.3 is 0 Å². The maximum Gasteiger partial charge on any atom is 0.237 e. The molecule has 86 valence electrons. The molecule has 5 nitrogen and oxygen atoms in total. The van der Waals surface area contributed by atoms with Gasteiger partial charge in [0.2, 0.25) is 11.0 Å². The number of nitrogens with zero attached hydrogens (tertiary/aromatic N) is 2. The van der Waals surface area contributed by atoms with E-state index in [4.69, 9.17) is 4.74 Å². The highest BCUT2D eigenvalue weighted by molar-refractivity contribution is 7.13. The van der Waals surface area contributed by atoms with Crippen LogP contribution in [-0.4, -0.2) is 22.7 Å². The van der Waals surface area contributed by atoms with Crippen LogP contribution in [0.25, 0.3) is 0 Å². The standard InChI is InChI=1S/C11H9N3O2S/c15-10(13-11-14-12-6-17-11)8-5-16-9-4-2-1-3-7(8)9/h1-4,6,8H,5H2,(H,13,14,15)/t8-/m0/s1. The first kappa shape index (κ1) is 10.2. The van der Waals surface area contributed by atoms with Gasteiger partial charge < -0.3 is 4.74 Å². The molecular weight excluding hydrogens is 238 g/mol. The van der Waals surface area contributed by atoms with Crippen LogP contribution < -0.4 is 10.1 Å². The predicted octanol–water partition coefficient (Wildman–Crippen LogP) is 1.65. The Bertz CT molecular complexity index is 541. The van der Waals surface area contributed by atoms with Crippen molar-refractivity contribution < 1.29 is 9.53 Å². The van der Waals surface area contributed by atoms with Crippen molar-refractivity contribution in [1.82, 2.24) is 10.2 Å². The molecule has 0 spiro atoms. The van der Waals surface area contributed by atoms with Gasteiger partial charge in [-0.1, -0.05) is 29.5 Å². The summed E-state index contributed by atoms with van der Waals surface area (Å²) in [6.45, 7) is 0.379. The van der Waals surface area contributed by atoms with E-state index in [-0.39, 0.29) is 11.8 Å². The summed E-state index contributed by atoms with van der Waals surface area (Å²) in [5.41, 5.74) is 2.50. The molecule has 1 aromatic heterocycles. The zero-order chi connectivity index (χ0) is 11.7. The number of para-hydroxylation sites is 1. The lowest BCUT2D eigenvalue weighted by Gasteiger charge is -2.07. The fourth-order valence-electron chi connectivity index (χ4n) is 1.80. The zero-order valence-corrected chi connectivity index (χ0v) is 9.61. The lowest BCUT2D eigenvalue weighted by molar-refractivity contribution is -0.117. The number of hydrogen-bond acceptors (Lipinski definition) is 5. The molecule has 0 saturated heterocycles. The molecular formula is C11H9N3O2S. The molecule has 0 radical (unpaired) electrons. The van der Waals surface area contributed by atoms with E-state index in [9.17, 15) is 4.79 Å². The molecule has 17 heavy (non-hydrogen) atoms. The third-order valence-corrected chi connectivity index (χ3v) is 3.21. The van der Waals surface area contributed by atoms with Crippen molar-refractivity contribution in [3.05, 3.63) is 35.3 Å². The summed E-state index contributed by atoms with van der Waals surface area (Å²) in [4.78, 5) is 12.0. The smallest absolute Gasteiger partial charge is 0.237 e. The molecule has 6 heteroatoms. The Balaban J connectivity index is 1.80. The maximum absolute atomic E-state index is 12.0. The van der Waals surface area contributed by atoms with E-state index >= 15 is 0 Å². The molecule has 0 unspecified atom stereocenters. The first-order valence-corrected chi connectivity index (χ1v) is 6.01. The highest BCUT2D eigenvalue weighted by Crippen LogP contribution is 2.34. The Morgan fingerprint density at radius 3 is 3.18 bits per heavy atom. The average Bonchev–Trinajstić information content (AvgIpc) is 2.96. The van der Waals surface area contributed by atoms with Crippen LogP contribution >= 0.6 is 11.3 Å². The van der Waals surface area contributed by atoms with Crippen molar-refractivity contribution in [1.29, 1.82) is 0 Å². The lowest BCUT2D eigenvalue weighted by Crippen LogP contribution is -2.22. The van der Waals surface area contributed by atoms with Gasteiger partial charge in [-0.3, -0.25) is 10.1 Å². The number of amides is 1. The van der Waals surface area contributed by atoms with E-state index in [0.717, 1.165) is 11.3 Å². The Hall–Kier alpha value is -1.95. The first-order valence-electron chi connectivity index (χ1n) is 5.13. The van der Waals surface area contributed by atoms with Gasteiger partial charge in [0, 0.05) is 5.56 Å². The number of ether oxygens (including phenoxy) is 1. The molecule has 1 aromatic carbocycles. The van der Waals surface area contributed by atoms with Crippen LogP contribution in [0.15, 0.2) is 29.8 Å². The zero-order valence-electron chi connectivity index (χ0n) is 8.79. The molecule has 1 amide bonds. The first-order chi connectivity index (χ1) is 8.34. The molecule has 2 heterocycles. The Labute approximate surface area is 101 Å². The van der Waals surface area contributed by atoms with Gasteiger partial charge in [-0.25, -0.2) is 0 Å². The second-order valence-electron chi connectivity index (χ2n) is 3.63. The van der Waals surface area contributed by atoms with E-state index in [2.05, 4.69) is 15.5 Å². The normalized spacial score (nSPS) is 17.3. The number of fused-ring (bicyclic) bond motifs is 1. The second-order valence-corrected chi connectivity index (χ2v) is 4.47. The van der Waals surface area contributed by atoms with Gasteiger partial charge in [0.1, 0.15) is 23.8 Å². The van der Waals surface area contributed by atoms with Crippen molar-refractivity contribution in [3.63, 3.8) is 0 Å². The summed E-state index contributed by atoms with van der Waals surface area (Å²) in [5.74, 6) is 0.409. The maximum atomic E-state index is 12.0. The van der Waals surface area contributed by atoms with E-state index < -0.39 is 0 Å². The molecule has 2 aromatic rings. The van der Waals surface area contributed by atoms with Gasteiger partial charge in [0.15, 0.2) is 0 Å². The van der Waals surface area contributed by atoms with Crippen LogP contribution in [0.2, 0.25) is 0 Å². The van der Waals surface area contributed by atoms with E-state index in [0.29, 0.717) is 11.7 Å². The molecule has 0 fully saturated rings. The van der Waals surface area contributed by atoms with Gasteiger partial charge in [-0.2, -0.15) is 0 Å². The van der Waals surface area contributed by atoms with Gasteiger partial charge in [0.25, 0.3) is 0 Å². The Morgan fingerprint density at radius 2 is 2.35 bits per heavy atom. The summed E-state index contributed by atoms with van der Waals surface area (Å²) < 4.78 is 5.46. The summed E-state index contributed by atoms with van der Waals surface area (Å²) >= 11 is 1.30. The minimum atomic E-state index is -0.268. The van der Waals surface area contributed by atoms with Crippen LogP contribution in [0, 0.1) is 0 Å². The Kier molecular flexibility index (Phi) is 2.49. The number of nitrogens with one attached hydrogen (secondary N) is 1. The third kappa shape index (κ3) is 1.87. The monoisotopic (exact) mass is 247 g/mol. The number of rotatable bonds is 2.